The molecule has 0 aliphatic carbocycles. The van der Waals surface area contributed by atoms with Crippen molar-refractivity contribution in [1.82, 2.24) is 4.57 Å². The molecule has 0 unspecified atom stereocenters. The fourth-order valence-electron chi connectivity index (χ4n) is 4.00. The van der Waals surface area contributed by atoms with Crippen molar-refractivity contribution < 1.29 is 13.2 Å². The number of anilines is 1. The van der Waals surface area contributed by atoms with Crippen LogP contribution in [0.3, 0.4) is 0 Å². The van der Waals surface area contributed by atoms with Crippen LogP contribution < -0.4 is 5.32 Å². The molecule has 0 atom stereocenters. The number of nitrogens with zero attached hydrogens (tertiary/aromatic N) is 2. The van der Waals surface area contributed by atoms with Crippen molar-refractivity contribution in [2.24, 2.45) is 0 Å². The molecule has 0 aliphatic rings. The molecular formula is C27H31N3O3S. The number of aromatic nitrogens is 1. The maximum absolute atomic E-state index is 13.2. The first-order valence-electron chi connectivity index (χ1n) is 11.7. The van der Waals surface area contributed by atoms with Crippen LogP contribution in [-0.4, -0.2) is 18.9 Å². The maximum atomic E-state index is 13.2. The Labute approximate surface area is 201 Å². The quantitative estimate of drug-likeness (QED) is 0.259. The normalized spacial score (nSPS) is 12.0. The van der Waals surface area contributed by atoms with Crippen molar-refractivity contribution in [2.75, 3.05) is 5.32 Å². The van der Waals surface area contributed by atoms with Crippen LogP contribution in [0, 0.1) is 11.3 Å². The van der Waals surface area contributed by atoms with Gasteiger partial charge in [-0.25, -0.2) is 8.42 Å². The lowest BCUT2D eigenvalue weighted by Gasteiger charge is -2.06. The van der Waals surface area contributed by atoms with E-state index in [1.165, 1.54) is 62.9 Å². The highest BCUT2D eigenvalue weighted by Gasteiger charge is 2.22. The number of nitrogens with one attached hydrogen (secondary N) is 1. The molecule has 178 valence electrons. The second-order valence-electron chi connectivity index (χ2n) is 8.39. The number of sulfone groups is 1. The van der Waals surface area contributed by atoms with Crippen LogP contribution in [0.15, 0.2) is 64.5 Å². The van der Waals surface area contributed by atoms with Gasteiger partial charge in [0.05, 0.1) is 4.90 Å². The molecule has 0 bridgehead atoms. The summed E-state index contributed by atoms with van der Waals surface area (Å²) < 4.78 is 28.5. The highest BCUT2D eigenvalue weighted by molar-refractivity contribution is 7.95. The number of aryl methyl sites for hydroxylation is 1. The third-order valence-electron chi connectivity index (χ3n) is 5.74. The van der Waals surface area contributed by atoms with E-state index in [0.717, 1.165) is 30.3 Å². The minimum Gasteiger partial charge on any atom is -0.347 e. The van der Waals surface area contributed by atoms with E-state index in [0.29, 0.717) is 11.3 Å². The topological polar surface area (TPSA) is 92.0 Å². The Kier molecular flexibility index (Phi) is 8.67. The van der Waals surface area contributed by atoms with Crippen molar-refractivity contribution >= 4 is 38.4 Å². The fraction of sp³-hybridized carbons (Fsp3) is 0.333. The standard InChI is InChI=1S/C27H31N3O3S/c1-3-4-5-6-7-10-17-30-20-22(26-11-8-9-12-27(26)30)18-25(19-28)34(32,33)24-15-13-23(14-16-24)29-21(2)31/h8-9,11-16,18,20H,3-7,10,17H2,1-2H3,(H,29,31)/b25-18+. The Hall–Kier alpha value is -3.37. The summed E-state index contributed by atoms with van der Waals surface area (Å²) in [5, 5.41) is 13.2. The SMILES string of the molecule is CCCCCCCCn1cc(/C=C(\C#N)S(=O)(=O)c2ccc(NC(C)=O)cc2)c2ccccc21. The summed E-state index contributed by atoms with van der Waals surface area (Å²) in [6.45, 7) is 4.43. The van der Waals surface area contributed by atoms with E-state index in [2.05, 4.69) is 16.8 Å². The lowest BCUT2D eigenvalue weighted by Crippen LogP contribution is -2.07. The van der Waals surface area contributed by atoms with Crippen LogP contribution in [0.1, 0.15) is 57.9 Å². The Bertz CT molecular complexity index is 1310. The number of allylic oxidation sites excluding steroid dienone is 1. The predicted molar refractivity (Wildman–Crippen MR) is 137 cm³/mol. The van der Waals surface area contributed by atoms with Crippen molar-refractivity contribution in [3.63, 3.8) is 0 Å². The lowest BCUT2D eigenvalue weighted by atomic mass is 10.1. The van der Waals surface area contributed by atoms with Crippen molar-refractivity contribution in [3.05, 3.63) is 65.2 Å². The van der Waals surface area contributed by atoms with E-state index >= 15 is 0 Å². The number of fused-ring (bicyclic) bond motifs is 1. The summed E-state index contributed by atoms with van der Waals surface area (Å²) in [6.07, 6.45) is 10.6. The molecule has 0 aliphatic heterocycles. The Morgan fingerprint density at radius 3 is 2.38 bits per heavy atom. The number of amides is 1. The first-order chi connectivity index (χ1) is 16.4. The van der Waals surface area contributed by atoms with E-state index in [-0.39, 0.29) is 15.7 Å². The van der Waals surface area contributed by atoms with Crippen LogP contribution >= 0.6 is 0 Å². The molecule has 1 amide bonds. The summed E-state index contributed by atoms with van der Waals surface area (Å²) in [5.74, 6) is -0.245. The van der Waals surface area contributed by atoms with E-state index in [9.17, 15) is 18.5 Å². The Morgan fingerprint density at radius 2 is 1.71 bits per heavy atom. The molecule has 0 spiro atoms. The molecule has 1 N–H and O–H groups in total. The number of unbranched alkanes of at least 4 members (excludes halogenated alkanes) is 5. The van der Waals surface area contributed by atoms with Crippen LogP contribution in [0.5, 0.6) is 0 Å². The van der Waals surface area contributed by atoms with Crippen molar-refractivity contribution in [3.8, 4) is 6.07 Å². The van der Waals surface area contributed by atoms with Gasteiger partial charge in [0.25, 0.3) is 0 Å². The predicted octanol–water partition coefficient (Wildman–Crippen LogP) is 6.30. The smallest absolute Gasteiger partial charge is 0.221 e. The number of hydrogen-bond donors (Lipinski definition) is 1. The van der Waals surface area contributed by atoms with Gasteiger partial charge in [0.15, 0.2) is 0 Å². The van der Waals surface area contributed by atoms with Crippen LogP contribution in [0.25, 0.3) is 17.0 Å². The molecule has 2 aromatic carbocycles. The minimum atomic E-state index is -4.01. The maximum Gasteiger partial charge on any atom is 0.221 e. The number of para-hydroxylation sites is 1. The highest BCUT2D eigenvalue weighted by atomic mass is 32.2. The summed E-state index contributed by atoms with van der Waals surface area (Å²) in [4.78, 5) is 10.9. The number of benzene rings is 2. The average Bonchev–Trinajstić information content (AvgIpc) is 3.17. The van der Waals surface area contributed by atoms with Gasteiger partial charge in [-0.1, -0.05) is 57.2 Å². The van der Waals surface area contributed by atoms with Gasteiger partial charge >= 0.3 is 0 Å². The molecular weight excluding hydrogens is 446 g/mol. The third-order valence-corrected chi connectivity index (χ3v) is 7.42. The van der Waals surface area contributed by atoms with E-state index < -0.39 is 9.84 Å². The number of carbonyl (C=O) groups excluding carboxylic acids is 1. The number of nitriles is 1. The molecule has 7 heteroatoms. The summed E-state index contributed by atoms with van der Waals surface area (Å²) in [7, 11) is -4.01. The molecule has 3 aromatic rings. The zero-order valence-corrected chi connectivity index (χ0v) is 20.6. The lowest BCUT2D eigenvalue weighted by molar-refractivity contribution is -0.114. The van der Waals surface area contributed by atoms with E-state index in [1.54, 1.807) is 0 Å². The summed E-state index contributed by atoms with van der Waals surface area (Å²) in [5.41, 5.74) is 2.22. The van der Waals surface area contributed by atoms with Gasteiger partial charge in [-0.15, -0.1) is 0 Å². The number of hydrogen-bond acceptors (Lipinski definition) is 4. The third kappa shape index (κ3) is 6.15. The average molecular weight is 478 g/mol. The Morgan fingerprint density at radius 1 is 1.03 bits per heavy atom. The molecule has 34 heavy (non-hydrogen) atoms. The van der Waals surface area contributed by atoms with Gasteiger partial charge in [0.1, 0.15) is 11.0 Å². The van der Waals surface area contributed by atoms with Crippen molar-refractivity contribution in [2.45, 2.75) is 63.8 Å². The van der Waals surface area contributed by atoms with Gasteiger partial charge in [-0.3, -0.25) is 4.79 Å². The van der Waals surface area contributed by atoms with Gasteiger partial charge in [-0.05, 0) is 42.8 Å². The van der Waals surface area contributed by atoms with Crippen LogP contribution in [-0.2, 0) is 21.2 Å². The second kappa shape index (κ2) is 11.7. The number of rotatable bonds is 11. The Balaban J connectivity index is 1.88. The molecule has 0 saturated carbocycles. The molecule has 1 aromatic heterocycles. The zero-order valence-electron chi connectivity index (χ0n) is 19.8. The number of carbonyl (C=O) groups is 1. The summed E-state index contributed by atoms with van der Waals surface area (Å²) in [6, 6.07) is 15.5. The zero-order chi connectivity index (χ0) is 24.6. The second-order valence-corrected chi connectivity index (χ2v) is 10.3. The minimum absolute atomic E-state index is 0.00483. The van der Waals surface area contributed by atoms with Gasteiger partial charge in [0, 0.05) is 41.8 Å². The van der Waals surface area contributed by atoms with Crippen molar-refractivity contribution in [1.29, 1.82) is 5.26 Å². The molecule has 0 saturated heterocycles. The highest BCUT2D eigenvalue weighted by Crippen LogP contribution is 2.28. The first-order valence-corrected chi connectivity index (χ1v) is 13.2. The largest absolute Gasteiger partial charge is 0.347 e. The molecule has 3 rings (SSSR count). The summed E-state index contributed by atoms with van der Waals surface area (Å²) >= 11 is 0. The van der Waals surface area contributed by atoms with Crippen LogP contribution in [0.2, 0.25) is 0 Å². The van der Waals surface area contributed by atoms with E-state index in [4.69, 9.17) is 0 Å². The molecule has 1 heterocycles. The molecule has 6 nitrogen and oxygen atoms in total. The molecule has 0 fully saturated rings. The fourth-order valence-corrected chi connectivity index (χ4v) is 5.15. The van der Waals surface area contributed by atoms with Gasteiger partial charge < -0.3 is 9.88 Å². The van der Waals surface area contributed by atoms with E-state index in [1.807, 2.05) is 36.5 Å². The van der Waals surface area contributed by atoms with Gasteiger partial charge in [-0.2, -0.15) is 5.26 Å². The molecule has 0 radical (unpaired) electrons. The van der Waals surface area contributed by atoms with Crippen LogP contribution in [0.4, 0.5) is 5.69 Å². The first kappa shape index (κ1) is 25.3. The monoisotopic (exact) mass is 477 g/mol. The van der Waals surface area contributed by atoms with Gasteiger partial charge in [0.2, 0.25) is 15.7 Å².